The second-order valence-electron chi connectivity index (χ2n) is 2.44. The second-order valence-corrected chi connectivity index (χ2v) is 2.90. The van der Waals surface area contributed by atoms with Crippen LogP contribution in [0.25, 0.3) is 0 Å². The van der Waals surface area contributed by atoms with E-state index in [9.17, 15) is 0 Å². The fraction of sp³-hybridized carbons (Fsp3) is 0.333. The van der Waals surface area contributed by atoms with Gasteiger partial charge in [0, 0.05) is 18.2 Å². The molecule has 12 heavy (non-hydrogen) atoms. The summed E-state index contributed by atoms with van der Waals surface area (Å²) in [5.41, 5.74) is 0.936. The largest absolute Gasteiger partial charge is 0.432 e. The lowest BCUT2D eigenvalue weighted by atomic mass is 10.4. The van der Waals surface area contributed by atoms with Crippen molar-refractivity contribution in [2.45, 2.75) is 20.3 Å². The molecule has 0 aliphatic carbocycles. The van der Waals surface area contributed by atoms with E-state index in [-0.39, 0.29) is 0 Å². The summed E-state index contributed by atoms with van der Waals surface area (Å²) < 4.78 is 5.26. The van der Waals surface area contributed by atoms with Crippen LogP contribution in [-0.4, -0.2) is 10.0 Å². The first-order valence-corrected chi connectivity index (χ1v) is 4.27. The smallest absolute Gasteiger partial charge is 0.220 e. The molecular weight excluding hydrogens is 170 g/mol. The molecule has 0 aromatic carbocycles. The normalized spacial score (nSPS) is 9.50. The lowest BCUT2D eigenvalue weighted by Gasteiger charge is -2.03. The van der Waals surface area contributed by atoms with Crippen LogP contribution in [0.2, 0.25) is 0 Å². The zero-order valence-corrected chi connectivity index (χ0v) is 8.02. The highest BCUT2D eigenvalue weighted by molar-refractivity contribution is 7.80. The van der Waals surface area contributed by atoms with E-state index in [4.69, 9.17) is 17.0 Å². The quantitative estimate of drug-likeness (QED) is 0.654. The molecule has 0 atom stereocenters. The third-order valence-electron chi connectivity index (χ3n) is 1.37. The van der Waals surface area contributed by atoms with Crippen molar-refractivity contribution in [3.8, 4) is 5.88 Å². The number of aromatic nitrogens is 1. The van der Waals surface area contributed by atoms with Crippen LogP contribution in [0.1, 0.15) is 19.0 Å². The molecule has 1 aromatic rings. The van der Waals surface area contributed by atoms with Gasteiger partial charge in [0.2, 0.25) is 5.88 Å². The van der Waals surface area contributed by atoms with Gasteiger partial charge in [0.25, 0.3) is 0 Å². The molecule has 0 bridgehead atoms. The van der Waals surface area contributed by atoms with Crippen molar-refractivity contribution in [1.82, 2.24) is 4.98 Å². The van der Waals surface area contributed by atoms with Crippen molar-refractivity contribution in [3.05, 3.63) is 23.9 Å². The lowest BCUT2D eigenvalue weighted by molar-refractivity contribution is 0.526. The molecule has 0 saturated carbocycles. The molecular formula is C9H11NOS. The van der Waals surface area contributed by atoms with E-state index >= 15 is 0 Å². The van der Waals surface area contributed by atoms with Crippen LogP contribution in [0, 0.1) is 6.92 Å². The summed E-state index contributed by atoms with van der Waals surface area (Å²) >= 11 is 4.92. The van der Waals surface area contributed by atoms with Gasteiger partial charge in [-0.05, 0) is 25.2 Å². The number of hydrogen-bond donors (Lipinski definition) is 0. The molecule has 0 unspecified atom stereocenters. The molecule has 0 aliphatic heterocycles. The van der Waals surface area contributed by atoms with Crippen molar-refractivity contribution >= 4 is 17.3 Å². The van der Waals surface area contributed by atoms with E-state index < -0.39 is 0 Å². The van der Waals surface area contributed by atoms with Crippen molar-refractivity contribution in [2.75, 3.05) is 0 Å². The Labute approximate surface area is 77.6 Å². The van der Waals surface area contributed by atoms with Gasteiger partial charge in [0.05, 0.1) is 0 Å². The summed E-state index contributed by atoms with van der Waals surface area (Å²) in [5.74, 6) is 0.585. The Morgan fingerprint density at radius 2 is 2.33 bits per heavy atom. The van der Waals surface area contributed by atoms with Crippen molar-refractivity contribution in [1.29, 1.82) is 0 Å². The Morgan fingerprint density at radius 3 is 2.92 bits per heavy atom. The van der Waals surface area contributed by atoms with E-state index in [0.717, 1.165) is 12.1 Å². The molecule has 2 nitrogen and oxygen atoms in total. The topological polar surface area (TPSA) is 22.1 Å². The average Bonchev–Trinajstić information content (AvgIpc) is 2.04. The van der Waals surface area contributed by atoms with Crippen LogP contribution in [0.15, 0.2) is 18.2 Å². The maximum Gasteiger partial charge on any atom is 0.220 e. The van der Waals surface area contributed by atoms with Crippen LogP contribution in [0.5, 0.6) is 5.88 Å². The van der Waals surface area contributed by atoms with Gasteiger partial charge in [-0.3, -0.25) is 0 Å². The maximum atomic E-state index is 5.26. The summed E-state index contributed by atoms with van der Waals surface area (Å²) in [6.07, 6.45) is 0.741. The minimum absolute atomic E-state index is 0.577. The first-order valence-electron chi connectivity index (χ1n) is 3.86. The molecule has 1 heterocycles. The van der Waals surface area contributed by atoms with Crippen LogP contribution in [-0.2, 0) is 0 Å². The summed E-state index contributed by atoms with van der Waals surface area (Å²) in [4.78, 5) is 4.15. The van der Waals surface area contributed by atoms with Crippen molar-refractivity contribution in [3.63, 3.8) is 0 Å². The monoisotopic (exact) mass is 181 g/mol. The fourth-order valence-corrected chi connectivity index (χ4v) is 0.849. The third kappa shape index (κ3) is 2.58. The number of hydrogen-bond acceptors (Lipinski definition) is 3. The van der Waals surface area contributed by atoms with Crippen molar-refractivity contribution < 1.29 is 4.74 Å². The molecule has 0 spiro atoms. The van der Waals surface area contributed by atoms with Crippen molar-refractivity contribution in [2.24, 2.45) is 0 Å². The van der Waals surface area contributed by atoms with E-state index in [2.05, 4.69) is 4.98 Å². The van der Waals surface area contributed by atoms with Crippen LogP contribution in [0.3, 0.4) is 0 Å². The van der Waals surface area contributed by atoms with Gasteiger partial charge in [-0.15, -0.1) is 0 Å². The van der Waals surface area contributed by atoms with Gasteiger partial charge in [-0.25, -0.2) is 4.98 Å². The van der Waals surface area contributed by atoms with Gasteiger partial charge < -0.3 is 4.74 Å². The van der Waals surface area contributed by atoms with Crippen LogP contribution < -0.4 is 4.74 Å². The predicted octanol–water partition coefficient (Wildman–Crippen LogP) is 2.51. The van der Waals surface area contributed by atoms with E-state index in [0.29, 0.717) is 10.9 Å². The van der Waals surface area contributed by atoms with Gasteiger partial charge in [-0.2, -0.15) is 0 Å². The highest BCUT2D eigenvalue weighted by atomic mass is 32.1. The summed E-state index contributed by atoms with van der Waals surface area (Å²) in [6, 6.07) is 5.62. The predicted molar refractivity (Wildman–Crippen MR) is 52.5 cm³/mol. The molecule has 0 N–H and O–H groups in total. The minimum atomic E-state index is 0.577. The van der Waals surface area contributed by atoms with E-state index in [1.54, 1.807) is 6.07 Å². The van der Waals surface area contributed by atoms with Gasteiger partial charge in [-0.1, -0.05) is 13.0 Å². The molecule has 64 valence electrons. The average molecular weight is 181 g/mol. The Bertz CT molecular complexity index is 286. The standard InChI is InChI=1S/C9H11NOS/c1-3-9(12)11-8-6-4-5-7(2)10-8/h4-6H,3H2,1-2H3. The number of thiocarbonyl (C=S) groups is 1. The molecule has 1 rings (SSSR count). The number of aryl methyl sites for hydroxylation is 1. The number of nitrogens with zero attached hydrogens (tertiary/aromatic N) is 1. The zero-order chi connectivity index (χ0) is 8.97. The SMILES string of the molecule is CCC(=S)Oc1cccc(C)n1. The molecule has 0 amide bonds. The van der Waals surface area contributed by atoms with Crippen LogP contribution >= 0.6 is 12.2 Å². The molecule has 0 saturated heterocycles. The van der Waals surface area contributed by atoms with E-state index in [1.807, 2.05) is 26.0 Å². The molecule has 0 fully saturated rings. The highest BCUT2D eigenvalue weighted by Gasteiger charge is 1.97. The Kier molecular flexibility index (Phi) is 3.17. The Balaban J connectivity index is 2.69. The second kappa shape index (κ2) is 4.16. The fourth-order valence-electron chi connectivity index (χ4n) is 0.764. The summed E-state index contributed by atoms with van der Waals surface area (Å²) in [7, 11) is 0. The van der Waals surface area contributed by atoms with E-state index in [1.165, 1.54) is 0 Å². The highest BCUT2D eigenvalue weighted by Crippen LogP contribution is 2.07. The first-order chi connectivity index (χ1) is 5.72. The number of rotatable bonds is 2. The summed E-state index contributed by atoms with van der Waals surface area (Å²) in [6.45, 7) is 3.87. The minimum Gasteiger partial charge on any atom is -0.432 e. The Hall–Kier alpha value is -0.960. The van der Waals surface area contributed by atoms with Gasteiger partial charge in [0.1, 0.15) is 0 Å². The summed E-state index contributed by atoms with van der Waals surface area (Å²) in [5, 5.41) is 0.577. The van der Waals surface area contributed by atoms with Gasteiger partial charge >= 0.3 is 0 Å². The number of pyridine rings is 1. The molecule has 0 aliphatic rings. The van der Waals surface area contributed by atoms with Crippen LogP contribution in [0.4, 0.5) is 0 Å². The first kappa shape index (κ1) is 9.13. The molecule has 3 heteroatoms. The lowest BCUT2D eigenvalue weighted by Crippen LogP contribution is -2.04. The molecule has 1 aromatic heterocycles. The number of ether oxygens (including phenoxy) is 1. The Morgan fingerprint density at radius 1 is 1.58 bits per heavy atom. The van der Waals surface area contributed by atoms with Gasteiger partial charge in [0.15, 0.2) is 5.05 Å². The zero-order valence-electron chi connectivity index (χ0n) is 7.20. The molecule has 0 radical (unpaired) electrons. The third-order valence-corrected chi connectivity index (χ3v) is 1.74. The maximum absolute atomic E-state index is 5.26.